The van der Waals surface area contributed by atoms with Gasteiger partial charge in [-0.15, -0.1) is 0 Å². The average molecular weight is 539 g/mol. The summed E-state index contributed by atoms with van der Waals surface area (Å²) >= 11 is 0. The molecule has 0 unspecified atom stereocenters. The quantitative estimate of drug-likeness (QED) is 0.119. The normalized spacial score (nSPS) is 25.9. The molecule has 6 heteroatoms. The van der Waals surface area contributed by atoms with E-state index in [0.29, 0.717) is 0 Å². The number of allylic oxidation sites excluding steroid dienone is 6. The fraction of sp³-hybridized carbons (Fsp3) is 0.806. The van der Waals surface area contributed by atoms with Crippen molar-refractivity contribution in [2.45, 2.75) is 130 Å². The first kappa shape index (κ1) is 34.3. The predicted molar refractivity (Wildman–Crippen MR) is 159 cm³/mol. The van der Waals surface area contributed by atoms with Gasteiger partial charge in [0.05, 0.1) is 12.2 Å². The summed E-state index contributed by atoms with van der Waals surface area (Å²) < 4.78 is 30.4. The van der Waals surface area contributed by atoms with E-state index in [1.807, 2.05) is 0 Å². The second kappa shape index (κ2) is 16.4. The van der Waals surface area contributed by atoms with E-state index in [9.17, 15) is 0 Å². The Morgan fingerprint density at radius 1 is 0.811 bits per heavy atom. The lowest BCUT2D eigenvalue weighted by atomic mass is 9.78. The van der Waals surface area contributed by atoms with Crippen molar-refractivity contribution in [3.63, 3.8) is 0 Å². The van der Waals surface area contributed by atoms with Crippen LogP contribution < -0.4 is 0 Å². The molecule has 0 aromatic rings. The molecule has 0 aromatic carbocycles. The molecule has 0 heterocycles. The number of hydrogen-bond donors (Lipinski definition) is 0. The number of ether oxygens (including phenoxy) is 4. The molecule has 216 valence electrons. The van der Waals surface area contributed by atoms with Crippen LogP contribution in [0.1, 0.15) is 87.0 Å². The van der Waals surface area contributed by atoms with Gasteiger partial charge in [0.1, 0.15) is 19.0 Å². The number of rotatable bonds is 15. The molecule has 1 rings (SSSR count). The molecule has 0 spiro atoms. The van der Waals surface area contributed by atoms with Gasteiger partial charge < -0.3 is 23.4 Å². The summed E-state index contributed by atoms with van der Waals surface area (Å²) in [4.78, 5) is 0. The lowest BCUT2D eigenvalue weighted by Crippen LogP contribution is -2.59. The first-order chi connectivity index (χ1) is 17.3. The molecule has 0 aliphatic heterocycles. The van der Waals surface area contributed by atoms with Crippen LogP contribution in [0, 0.1) is 5.92 Å². The van der Waals surface area contributed by atoms with Crippen LogP contribution in [0.25, 0.3) is 0 Å². The summed E-state index contributed by atoms with van der Waals surface area (Å²) in [7, 11) is 3.18. The van der Waals surface area contributed by atoms with Gasteiger partial charge >= 0.3 is 0 Å². The van der Waals surface area contributed by atoms with Gasteiger partial charge in [-0.2, -0.15) is 0 Å². The maximum absolute atomic E-state index is 6.92. The molecular weight excluding hydrogens is 480 g/mol. The van der Waals surface area contributed by atoms with Crippen LogP contribution in [0.4, 0.5) is 0 Å². The van der Waals surface area contributed by atoms with E-state index in [1.165, 1.54) is 16.7 Å². The Morgan fingerprint density at radius 2 is 1.38 bits per heavy atom. The zero-order valence-corrected chi connectivity index (χ0v) is 27.1. The first-order valence-corrected chi connectivity index (χ1v) is 17.0. The molecule has 0 radical (unpaired) electrons. The number of methoxy groups -OCH3 is 3. The molecule has 37 heavy (non-hydrogen) atoms. The lowest BCUT2D eigenvalue weighted by Gasteiger charge is -2.49. The van der Waals surface area contributed by atoms with Crippen molar-refractivity contribution in [1.29, 1.82) is 0 Å². The summed E-state index contributed by atoms with van der Waals surface area (Å²) in [5.41, 5.74) is 4.29. The van der Waals surface area contributed by atoms with E-state index >= 15 is 0 Å². The van der Waals surface area contributed by atoms with Gasteiger partial charge in [-0.1, -0.05) is 55.7 Å². The van der Waals surface area contributed by atoms with Crippen LogP contribution in [0.3, 0.4) is 0 Å². The molecule has 1 aliphatic rings. The van der Waals surface area contributed by atoms with Gasteiger partial charge in [-0.05, 0) is 90.3 Å². The Hall–Kier alpha value is -0.763. The topological polar surface area (TPSA) is 46.2 Å². The summed E-state index contributed by atoms with van der Waals surface area (Å²) in [6, 6.07) is 0. The minimum atomic E-state index is -1.99. The maximum Gasteiger partial charge on any atom is 0.192 e. The molecule has 5 atom stereocenters. The molecule has 0 N–H and O–H groups in total. The molecule has 0 aromatic heterocycles. The summed E-state index contributed by atoms with van der Waals surface area (Å²) in [5, 5.41) is 0.126. The predicted octanol–water partition coefficient (Wildman–Crippen LogP) is 8.23. The second-order valence-electron chi connectivity index (χ2n) is 12.5. The molecule has 1 aliphatic carbocycles. The van der Waals surface area contributed by atoms with Crippen LogP contribution in [0.5, 0.6) is 0 Å². The van der Waals surface area contributed by atoms with Crippen LogP contribution in [-0.2, 0) is 23.4 Å². The van der Waals surface area contributed by atoms with Gasteiger partial charge in [0.2, 0.25) is 0 Å². The van der Waals surface area contributed by atoms with Gasteiger partial charge in [-0.3, -0.25) is 0 Å². The first-order valence-electron chi connectivity index (χ1n) is 14.1. The molecule has 1 fully saturated rings. The molecule has 0 amide bonds. The highest BCUT2D eigenvalue weighted by atomic mass is 28.4. The average Bonchev–Trinajstić information content (AvgIpc) is 2.80. The van der Waals surface area contributed by atoms with E-state index < -0.39 is 8.32 Å². The van der Waals surface area contributed by atoms with E-state index in [1.54, 1.807) is 21.3 Å². The highest BCUT2D eigenvalue weighted by Gasteiger charge is 2.49. The summed E-state index contributed by atoms with van der Waals surface area (Å²) in [6.07, 6.45) is 12.8. The Morgan fingerprint density at radius 3 is 1.89 bits per heavy atom. The van der Waals surface area contributed by atoms with Crippen LogP contribution >= 0.6 is 0 Å². The van der Waals surface area contributed by atoms with Crippen molar-refractivity contribution in [3.05, 3.63) is 34.9 Å². The van der Waals surface area contributed by atoms with Crippen LogP contribution in [-0.4, -0.2) is 60.9 Å². The Bertz CT molecular complexity index is 745. The second-order valence-corrected chi connectivity index (χ2v) is 17.3. The lowest BCUT2D eigenvalue weighted by molar-refractivity contribution is -0.211. The van der Waals surface area contributed by atoms with E-state index in [4.69, 9.17) is 23.4 Å². The largest absolute Gasteiger partial charge is 0.411 e. The molecular formula is C31H58O5Si. The van der Waals surface area contributed by atoms with Crippen molar-refractivity contribution >= 4 is 8.32 Å². The minimum Gasteiger partial charge on any atom is -0.411 e. The van der Waals surface area contributed by atoms with Crippen molar-refractivity contribution in [3.8, 4) is 0 Å². The Labute approximate surface area is 230 Å². The number of hydrogen-bond acceptors (Lipinski definition) is 5. The highest BCUT2D eigenvalue weighted by Crippen LogP contribution is 2.42. The maximum atomic E-state index is 6.92. The summed E-state index contributed by atoms with van der Waals surface area (Å²) in [6.45, 7) is 20.5. The zero-order valence-electron chi connectivity index (χ0n) is 26.1. The van der Waals surface area contributed by atoms with Gasteiger partial charge in [-0.25, -0.2) is 0 Å². The third-order valence-corrected chi connectivity index (χ3v) is 12.6. The molecule has 1 saturated carbocycles. The molecule has 0 saturated heterocycles. The van der Waals surface area contributed by atoms with Crippen molar-refractivity contribution in [1.82, 2.24) is 0 Å². The van der Waals surface area contributed by atoms with E-state index in [-0.39, 0.29) is 42.2 Å². The fourth-order valence-corrected chi connectivity index (χ4v) is 6.10. The van der Waals surface area contributed by atoms with Gasteiger partial charge in [0, 0.05) is 21.3 Å². The molecule has 0 bridgehead atoms. The fourth-order valence-electron chi connectivity index (χ4n) is 4.76. The van der Waals surface area contributed by atoms with Crippen LogP contribution in [0.2, 0.25) is 18.1 Å². The third kappa shape index (κ3) is 11.5. The van der Waals surface area contributed by atoms with Crippen molar-refractivity contribution in [2.75, 3.05) is 28.1 Å². The third-order valence-electron chi connectivity index (χ3n) is 8.08. The van der Waals surface area contributed by atoms with Crippen LogP contribution in [0.15, 0.2) is 34.9 Å². The Balaban J connectivity index is 2.99. The standard InChI is InChI=1S/C31H58O5Si/c1-23(2)15-13-16-24(3)17-14-18-25(4)19-20-26-21-27(36-37(11,12)31(5,6)7)29(33-9)30(34-10)28(26)35-22-32-8/h15,17,19,26-30H,13-14,16,18,20-22H2,1-12H3/b24-17+,25-19+/t26-,27+,28-,29-,30+/m1/s1. The molecule has 5 nitrogen and oxygen atoms in total. The minimum absolute atomic E-state index is 0.0247. The summed E-state index contributed by atoms with van der Waals surface area (Å²) in [5.74, 6) is 0.262. The highest BCUT2D eigenvalue weighted by molar-refractivity contribution is 6.74. The smallest absolute Gasteiger partial charge is 0.192 e. The zero-order chi connectivity index (χ0) is 28.2. The van der Waals surface area contributed by atoms with E-state index in [2.05, 4.69) is 79.8 Å². The van der Waals surface area contributed by atoms with Crippen molar-refractivity contribution in [2.24, 2.45) is 5.92 Å². The van der Waals surface area contributed by atoms with E-state index in [0.717, 1.165) is 38.5 Å². The SMILES string of the molecule is COCO[C@@H]1[C@H](C/C=C(\C)CC/C=C(\C)CCC=C(C)C)C[C@H](O[Si](C)(C)C(C)(C)C)[C@@H](OC)[C@H]1OC. The van der Waals surface area contributed by atoms with Crippen molar-refractivity contribution < 1.29 is 23.4 Å². The Kier molecular flexibility index (Phi) is 15.2. The monoisotopic (exact) mass is 538 g/mol. The van der Waals surface area contributed by atoms with Gasteiger partial charge in [0.15, 0.2) is 8.32 Å². The van der Waals surface area contributed by atoms with Gasteiger partial charge in [0.25, 0.3) is 0 Å².